The van der Waals surface area contributed by atoms with Crippen molar-refractivity contribution in [3.63, 3.8) is 0 Å². The van der Waals surface area contributed by atoms with Gasteiger partial charge in [0, 0.05) is 16.8 Å². The van der Waals surface area contributed by atoms with Gasteiger partial charge in [-0.05, 0) is 60.4 Å². The fourth-order valence-electron chi connectivity index (χ4n) is 6.92. The third-order valence-corrected chi connectivity index (χ3v) is 8.85. The van der Waals surface area contributed by atoms with E-state index in [0.29, 0.717) is 0 Å². The zero-order valence-corrected chi connectivity index (χ0v) is 24.6. The van der Waals surface area contributed by atoms with Crippen molar-refractivity contribution in [3.05, 3.63) is 151 Å². The summed E-state index contributed by atoms with van der Waals surface area (Å²) in [6.45, 7) is 4.45. The molecule has 8 rings (SSSR count). The Morgan fingerprint density at radius 3 is 1.56 bits per heavy atom. The topological polar surface area (TPSA) is 13.6 Å². The van der Waals surface area contributed by atoms with E-state index in [1.807, 2.05) is 0 Å². The zero-order chi connectivity index (χ0) is 29.1. The molecule has 0 unspecified atom stereocenters. The van der Waals surface area contributed by atoms with E-state index in [1.165, 1.54) is 67.6 Å². The van der Waals surface area contributed by atoms with E-state index in [-0.39, 0.29) is 7.12 Å². The molecule has 4 nitrogen and oxygen atoms in total. The van der Waals surface area contributed by atoms with Crippen molar-refractivity contribution in [3.8, 4) is 22.3 Å². The maximum absolute atomic E-state index is 2.58. The summed E-state index contributed by atoms with van der Waals surface area (Å²) < 4.78 is 2.27. The molecule has 0 radical (unpaired) electrons. The normalized spacial score (nSPS) is 13.3. The first kappa shape index (κ1) is 25.4. The van der Waals surface area contributed by atoms with Crippen molar-refractivity contribution < 1.29 is 4.57 Å². The molecule has 5 aromatic carbocycles. The number of para-hydroxylation sites is 4. The van der Waals surface area contributed by atoms with Crippen LogP contribution in [-0.2, 0) is 7.05 Å². The summed E-state index contributed by atoms with van der Waals surface area (Å²) in [5.41, 5.74) is 13.4. The highest BCUT2D eigenvalue weighted by molar-refractivity contribution is 6.80. The first-order valence-electron chi connectivity index (χ1n) is 14.9. The molecule has 0 fully saturated rings. The molecule has 2 aliphatic rings. The van der Waals surface area contributed by atoms with Crippen LogP contribution in [0.1, 0.15) is 11.1 Å². The zero-order valence-electron chi connectivity index (χ0n) is 24.6. The third-order valence-electron chi connectivity index (χ3n) is 8.85. The van der Waals surface area contributed by atoms with Crippen molar-refractivity contribution in [2.75, 3.05) is 14.4 Å². The van der Waals surface area contributed by atoms with Gasteiger partial charge in [0.05, 0.1) is 24.6 Å². The minimum Gasteiger partial charge on any atom is -0.319 e. The standard InChI is InChI=1S/C38H32BN4/c1-27-15-10-11-22-33(27)43-38-36(28(2)25-26-40(38)3)41-34-23-12-13-24-35(34)42(39(41)43)37-31(29-16-6-4-7-17-29)20-14-21-32(37)30-18-8-5-9-19-30/h4-26H,1-3H3/q+1. The van der Waals surface area contributed by atoms with Crippen LogP contribution < -0.4 is 19.0 Å². The lowest BCUT2D eigenvalue weighted by atomic mass is 9.83. The van der Waals surface area contributed by atoms with Crippen LogP contribution in [0.3, 0.4) is 0 Å². The first-order chi connectivity index (χ1) is 21.1. The van der Waals surface area contributed by atoms with Crippen molar-refractivity contribution >= 4 is 41.4 Å². The van der Waals surface area contributed by atoms with Crippen LogP contribution >= 0.6 is 0 Å². The lowest BCUT2D eigenvalue weighted by Crippen LogP contribution is -2.53. The van der Waals surface area contributed by atoms with Crippen LogP contribution in [0.2, 0.25) is 0 Å². The molecule has 3 heterocycles. The number of anilines is 6. The lowest BCUT2D eigenvalue weighted by Gasteiger charge is -2.30. The van der Waals surface area contributed by atoms with Gasteiger partial charge in [-0.1, -0.05) is 109 Å². The van der Waals surface area contributed by atoms with Crippen LogP contribution in [-0.4, -0.2) is 7.12 Å². The third kappa shape index (κ3) is 3.81. The van der Waals surface area contributed by atoms with Gasteiger partial charge in [0.25, 0.3) is 5.82 Å². The summed E-state index contributed by atoms with van der Waals surface area (Å²) >= 11 is 0. The number of nitrogens with zero attached hydrogens (tertiary/aromatic N) is 4. The van der Waals surface area contributed by atoms with E-state index in [9.17, 15) is 0 Å². The molecule has 0 atom stereocenters. The van der Waals surface area contributed by atoms with Gasteiger partial charge < -0.3 is 9.62 Å². The van der Waals surface area contributed by atoms with E-state index in [4.69, 9.17) is 0 Å². The number of rotatable bonds is 4. The first-order valence-corrected chi connectivity index (χ1v) is 14.9. The molecule has 206 valence electrons. The molecule has 0 amide bonds. The predicted molar refractivity (Wildman–Crippen MR) is 179 cm³/mol. The van der Waals surface area contributed by atoms with Gasteiger partial charge in [0.1, 0.15) is 11.4 Å². The van der Waals surface area contributed by atoms with Gasteiger partial charge in [-0.3, -0.25) is 0 Å². The second-order valence-corrected chi connectivity index (χ2v) is 11.4. The van der Waals surface area contributed by atoms with E-state index >= 15 is 0 Å². The monoisotopic (exact) mass is 555 g/mol. The predicted octanol–water partition coefficient (Wildman–Crippen LogP) is 8.89. The minimum absolute atomic E-state index is 0.145. The van der Waals surface area contributed by atoms with Gasteiger partial charge in [0.2, 0.25) is 0 Å². The largest absolute Gasteiger partial charge is 0.644 e. The van der Waals surface area contributed by atoms with Crippen LogP contribution in [0.4, 0.5) is 34.3 Å². The molecule has 0 bridgehead atoms. The summed E-state index contributed by atoms with van der Waals surface area (Å²) in [6.07, 6.45) is 2.19. The highest BCUT2D eigenvalue weighted by atomic mass is 15.5. The molecule has 43 heavy (non-hydrogen) atoms. The molecule has 0 spiro atoms. The molecule has 0 aliphatic carbocycles. The Morgan fingerprint density at radius 2 is 0.977 bits per heavy atom. The molecular formula is C38H32BN4+. The molecule has 6 aromatic rings. The van der Waals surface area contributed by atoms with Crippen molar-refractivity contribution in [2.45, 2.75) is 13.8 Å². The number of benzene rings is 5. The Balaban J connectivity index is 1.49. The van der Waals surface area contributed by atoms with Crippen molar-refractivity contribution in [2.24, 2.45) is 7.05 Å². The maximum atomic E-state index is 2.58. The van der Waals surface area contributed by atoms with E-state index in [2.05, 4.69) is 180 Å². The van der Waals surface area contributed by atoms with E-state index in [0.717, 1.165) is 0 Å². The summed E-state index contributed by atoms with van der Waals surface area (Å²) in [5.74, 6) is 1.19. The Morgan fingerprint density at radius 1 is 0.465 bits per heavy atom. The second-order valence-electron chi connectivity index (χ2n) is 11.4. The van der Waals surface area contributed by atoms with Crippen molar-refractivity contribution in [1.29, 1.82) is 0 Å². The molecule has 0 saturated carbocycles. The van der Waals surface area contributed by atoms with Gasteiger partial charge in [-0.15, -0.1) is 0 Å². The molecule has 0 saturated heterocycles. The number of hydrogen-bond donors (Lipinski definition) is 0. The van der Waals surface area contributed by atoms with Gasteiger partial charge in [-0.25, -0.2) is 9.38 Å². The van der Waals surface area contributed by atoms with Crippen LogP contribution in [0, 0.1) is 13.8 Å². The number of hydrogen-bond acceptors (Lipinski definition) is 3. The molecular weight excluding hydrogens is 523 g/mol. The van der Waals surface area contributed by atoms with Gasteiger partial charge in [0.15, 0.2) is 0 Å². The average Bonchev–Trinajstić information content (AvgIpc) is 3.57. The molecule has 5 heteroatoms. The molecule has 1 aromatic heterocycles. The summed E-state index contributed by atoms with van der Waals surface area (Å²) in [4.78, 5) is 7.66. The Labute approximate surface area is 253 Å². The Bertz CT molecular complexity index is 1930. The Hall–Kier alpha value is -5.29. The summed E-state index contributed by atoms with van der Waals surface area (Å²) in [6, 6.07) is 48.2. The minimum atomic E-state index is -0.145. The summed E-state index contributed by atoms with van der Waals surface area (Å²) in [5, 5.41) is 0. The SMILES string of the molecule is Cc1ccccc1N1B2N(c3c(-c4ccccc4)cccc3-c3ccccc3)c3ccccc3N2c2c(C)cc[n+](C)c21. The van der Waals surface area contributed by atoms with Crippen molar-refractivity contribution in [1.82, 2.24) is 0 Å². The van der Waals surface area contributed by atoms with Gasteiger partial charge in [-0.2, -0.15) is 0 Å². The van der Waals surface area contributed by atoms with Gasteiger partial charge >= 0.3 is 7.12 Å². The van der Waals surface area contributed by atoms with Crippen LogP contribution in [0.5, 0.6) is 0 Å². The quantitative estimate of drug-likeness (QED) is 0.159. The summed E-state index contributed by atoms with van der Waals surface area (Å²) in [7, 11) is 2.02. The molecule has 2 aliphatic heterocycles. The maximum Gasteiger partial charge on any atom is 0.644 e. The lowest BCUT2D eigenvalue weighted by molar-refractivity contribution is -0.657. The van der Waals surface area contributed by atoms with E-state index in [1.54, 1.807) is 0 Å². The highest BCUT2D eigenvalue weighted by Gasteiger charge is 2.62. The van der Waals surface area contributed by atoms with Crippen LogP contribution in [0.15, 0.2) is 140 Å². The number of aryl methyl sites for hydroxylation is 3. The highest BCUT2D eigenvalue weighted by Crippen LogP contribution is 2.58. The Kier molecular flexibility index (Phi) is 5.86. The fraction of sp³-hybridized carbons (Fsp3) is 0.0789. The number of aromatic nitrogens is 1. The fourth-order valence-corrected chi connectivity index (χ4v) is 6.92. The van der Waals surface area contributed by atoms with E-state index < -0.39 is 0 Å². The average molecular weight is 556 g/mol. The number of fused-ring (bicyclic) bond motifs is 5. The smallest absolute Gasteiger partial charge is 0.319 e. The second kappa shape index (κ2) is 9.92. The number of pyridine rings is 1. The van der Waals surface area contributed by atoms with Crippen LogP contribution in [0.25, 0.3) is 22.3 Å². The molecule has 0 N–H and O–H groups in total.